The fourth-order valence-electron chi connectivity index (χ4n) is 4.62. The molecule has 2 heterocycles. The fourth-order valence-corrected chi connectivity index (χ4v) is 4.62. The van der Waals surface area contributed by atoms with Crippen molar-refractivity contribution in [2.45, 2.75) is 52.1 Å². The minimum atomic E-state index is -0.973. The molecule has 2 N–H and O–H groups in total. The number of carbonyl (C=O) groups is 4. The molecule has 0 bridgehead atoms. The van der Waals surface area contributed by atoms with E-state index >= 15 is 0 Å². The van der Waals surface area contributed by atoms with Gasteiger partial charge in [-0.2, -0.15) is 0 Å². The van der Waals surface area contributed by atoms with E-state index in [1.807, 2.05) is 0 Å². The molecule has 0 radical (unpaired) electrons. The number of ether oxygens (including phenoxy) is 1. The summed E-state index contributed by atoms with van der Waals surface area (Å²) >= 11 is 0. The van der Waals surface area contributed by atoms with Crippen LogP contribution in [0.4, 0.5) is 4.79 Å². The van der Waals surface area contributed by atoms with Gasteiger partial charge in [0.2, 0.25) is 0 Å². The van der Waals surface area contributed by atoms with Crippen molar-refractivity contribution in [3.8, 4) is 0 Å². The van der Waals surface area contributed by atoms with Gasteiger partial charge in [-0.15, -0.1) is 0 Å². The average molecular weight is 405 g/mol. The predicted octanol–water partition coefficient (Wildman–Crippen LogP) is 1.58. The molecule has 1 aliphatic carbocycles. The van der Waals surface area contributed by atoms with Gasteiger partial charge in [-0.05, 0) is 42.7 Å². The number of rotatable bonds is 6. The third-order valence-electron chi connectivity index (χ3n) is 5.32. The van der Waals surface area contributed by atoms with Crippen LogP contribution in [0.15, 0.2) is 22.8 Å². The van der Waals surface area contributed by atoms with Gasteiger partial charge in [0.15, 0.2) is 6.61 Å². The lowest BCUT2D eigenvalue weighted by Gasteiger charge is -2.43. The van der Waals surface area contributed by atoms with Crippen molar-refractivity contribution >= 4 is 23.8 Å². The number of imide groups is 1. The summed E-state index contributed by atoms with van der Waals surface area (Å²) in [7, 11) is 0. The molecule has 29 heavy (non-hydrogen) atoms. The number of nitrogens with one attached hydrogen (secondary N) is 2. The first-order valence-corrected chi connectivity index (χ1v) is 9.69. The summed E-state index contributed by atoms with van der Waals surface area (Å²) in [5.41, 5.74) is -1.07. The molecule has 2 atom stereocenters. The third kappa shape index (κ3) is 4.78. The summed E-state index contributed by atoms with van der Waals surface area (Å²) in [6.45, 7) is 5.35. The zero-order valence-electron chi connectivity index (χ0n) is 16.9. The Kier molecular flexibility index (Phi) is 5.68. The molecule has 1 aromatic heterocycles. The molecule has 0 aromatic carbocycles. The van der Waals surface area contributed by atoms with Crippen LogP contribution in [0.5, 0.6) is 0 Å². The molecule has 1 aromatic rings. The highest BCUT2D eigenvalue weighted by Crippen LogP contribution is 2.46. The van der Waals surface area contributed by atoms with Gasteiger partial charge in [-0.1, -0.05) is 20.8 Å². The average Bonchev–Trinajstić information content (AvgIpc) is 3.19. The first kappa shape index (κ1) is 20.9. The van der Waals surface area contributed by atoms with Gasteiger partial charge in [0.25, 0.3) is 11.8 Å². The molecule has 9 heteroatoms. The summed E-state index contributed by atoms with van der Waals surface area (Å²) < 4.78 is 10.0. The molecule has 158 valence electrons. The second-order valence-corrected chi connectivity index (χ2v) is 8.77. The van der Waals surface area contributed by atoms with Crippen molar-refractivity contribution in [1.29, 1.82) is 0 Å². The van der Waals surface area contributed by atoms with Crippen molar-refractivity contribution in [2.75, 3.05) is 13.2 Å². The van der Waals surface area contributed by atoms with Crippen molar-refractivity contribution in [2.24, 2.45) is 11.3 Å². The molecule has 1 aliphatic heterocycles. The number of amides is 4. The van der Waals surface area contributed by atoms with Crippen LogP contribution < -0.4 is 10.6 Å². The van der Waals surface area contributed by atoms with Gasteiger partial charge in [0, 0.05) is 0 Å². The van der Waals surface area contributed by atoms with E-state index in [0.29, 0.717) is 18.6 Å². The molecular formula is C20H27N3O6. The van der Waals surface area contributed by atoms with Gasteiger partial charge in [0.1, 0.15) is 17.8 Å². The van der Waals surface area contributed by atoms with Gasteiger partial charge < -0.3 is 19.8 Å². The molecule has 9 nitrogen and oxygen atoms in total. The monoisotopic (exact) mass is 405 g/mol. The molecule has 1 saturated heterocycles. The van der Waals surface area contributed by atoms with E-state index in [9.17, 15) is 19.2 Å². The van der Waals surface area contributed by atoms with Gasteiger partial charge in [-0.3, -0.25) is 19.3 Å². The lowest BCUT2D eigenvalue weighted by Crippen LogP contribution is -2.54. The summed E-state index contributed by atoms with van der Waals surface area (Å²) in [5, 5.41) is 5.34. The maximum atomic E-state index is 13.0. The summed E-state index contributed by atoms with van der Waals surface area (Å²) in [6, 6.07) is 2.80. The van der Waals surface area contributed by atoms with E-state index in [4.69, 9.17) is 9.15 Å². The minimum absolute atomic E-state index is 0.0940. The number of nitrogens with zero attached hydrogens (tertiary/aromatic N) is 1. The van der Waals surface area contributed by atoms with Crippen LogP contribution in [0.3, 0.4) is 0 Å². The van der Waals surface area contributed by atoms with Crippen LogP contribution >= 0.6 is 0 Å². The highest BCUT2D eigenvalue weighted by molar-refractivity contribution is 6.08. The van der Waals surface area contributed by atoms with E-state index in [1.165, 1.54) is 6.26 Å². The molecule has 2 aliphatic rings. The van der Waals surface area contributed by atoms with Crippen LogP contribution in [0.25, 0.3) is 0 Å². The van der Waals surface area contributed by atoms with Crippen molar-refractivity contribution in [1.82, 2.24) is 15.5 Å². The van der Waals surface area contributed by atoms with Gasteiger partial charge >= 0.3 is 12.0 Å². The highest BCUT2D eigenvalue weighted by Gasteiger charge is 2.56. The molecule has 4 amide bonds. The Balaban J connectivity index is 1.52. The van der Waals surface area contributed by atoms with E-state index in [-0.39, 0.29) is 17.9 Å². The second-order valence-electron chi connectivity index (χ2n) is 8.77. The number of carbonyl (C=O) groups excluding carboxylic acids is 4. The molecule has 2 fully saturated rings. The summed E-state index contributed by atoms with van der Waals surface area (Å²) in [5.74, 6) is -0.888. The molecule has 2 unspecified atom stereocenters. The van der Waals surface area contributed by atoms with E-state index in [0.717, 1.165) is 11.3 Å². The SMILES string of the molecule is CC1CC(C)(C)CC2(C1)NC(=O)N(CC(=O)OCC(=O)NCc1ccco1)C2=O. The minimum Gasteiger partial charge on any atom is -0.467 e. The van der Waals surface area contributed by atoms with Crippen LogP contribution in [0, 0.1) is 11.3 Å². The number of furan rings is 1. The van der Waals surface area contributed by atoms with Crippen LogP contribution in [0.1, 0.15) is 45.8 Å². The predicted molar refractivity (Wildman–Crippen MR) is 101 cm³/mol. The van der Waals surface area contributed by atoms with Crippen molar-refractivity contribution < 1.29 is 28.3 Å². The highest BCUT2D eigenvalue weighted by atomic mass is 16.5. The molecule has 3 rings (SSSR count). The Morgan fingerprint density at radius 3 is 2.76 bits per heavy atom. The maximum Gasteiger partial charge on any atom is 0.326 e. The molecular weight excluding hydrogens is 378 g/mol. The summed E-state index contributed by atoms with van der Waals surface area (Å²) in [6.07, 6.45) is 3.52. The first-order valence-electron chi connectivity index (χ1n) is 9.69. The molecule has 1 spiro atoms. The largest absolute Gasteiger partial charge is 0.467 e. The number of hydrogen-bond donors (Lipinski definition) is 2. The summed E-state index contributed by atoms with van der Waals surface area (Å²) in [4.78, 5) is 50.1. The van der Waals surface area contributed by atoms with E-state index in [1.54, 1.807) is 12.1 Å². The van der Waals surface area contributed by atoms with Crippen molar-refractivity contribution in [3.63, 3.8) is 0 Å². The second kappa shape index (κ2) is 7.88. The van der Waals surface area contributed by atoms with Gasteiger partial charge in [-0.25, -0.2) is 4.79 Å². The third-order valence-corrected chi connectivity index (χ3v) is 5.32. The quantitative estimate of drug-likeness (QED) is 0.548. The normalized spacial score (nSPS) is 25.8. The van der Waals surface area contributed by atoms with Crippen LogP contribution in [0.2, 0.25) is 0 Å². The van der Waals surface area contributed by atoms with Gasteiger partial charge in [0.05, 0.1) is 12.8 Å². The zero-order chi connectivity index (χ0) is 21.2. The Hall–Kier alpha value is -2.84. The van der Waals surface area contributed by atoms with E-state index in [2.05, 4.69) is 31.4 Å². The first-order chi connectivity index (χ1) is 13.6. The Morgan fingerprint density at radius 2 is 2.10 bits per heavy atom. The van der Waals surface area contributed by atoms with Crippen molar-refractivity contribution in [3.05, 3.63) is 24.2 Å². The lowest BCUT2D eigenvalue weighted by molar-refractivity contribution is -0.151. The number of esters is 1. The number of hydrogen-bond acceptors (Lipinski definition) is 6. The lowest BCUT2D eigenvalue weighted by atomic mass is 9.64. The zero-order valence-corrected chi connectivity index (χ0v) is 16.9. The maximum absolute atomic E-state index is 13.0. The topological polar surface area (TPSA) is 118 Å². The fraction of sp³-hybridized carbons (Fsp3) is 0.600. The van der Waals surface area contributed by atoms with Crippen LogP contribution in [-0.2, 0) is 25.7 Å². The standard InChI is InChI=1S/C20H27N3O6/c1-13-7-19(2,3)12-20(8-13)17(26)23(18(27)22-20)10-16(25)29-11-15(24)21-9-14-5-4-6-28-14/h4-6,13H,7-12H2,1-3H3,(H,21,24)(H,22,27). The van der Waals surface area contributed by atoms with E-state index < -0.39 is 42.5 Å². The Morgan fingerprint density at radius 1 is 1.34 bits per heavy atom. The Bertz CT molecular complexity index is 803. The molecule has 1 saturated carbocycles. The smallest absolute Gasteiger partial charge is 0.326 e. The number of urea groups is 1. The van der Waals surface area contributed by atoms with Crippen LogP contribution in [-0.4, -0.2) is 47.4 Å². The Labute approximate surface area is 169 Å².